The monoisotopic (exact) mass is 391 g/mol. The first-order valence-electron chi connectivity index (χ1n) is 7.64. The minimum Gasteiger partial charge on any atom is -0.390 e. The Hall–Kier alpha value is -1.98. The molecule has 1 aromatic heterocycles. The van der Waals surface area contributed by atoms with Crippen molar-refractivity contribution in [3.05, 3.63) is 35.7 Å². The zero-order valence-corrected chi connectivity index (χ0v) is 14.5. The lowest BCUT2D eigenvalue weighted by molar-refractivity contribution is -0.137. The Labute approximate surface area is 147 Å². The van der Waals surface area contributed by atoms with E-state index in [-0.39, 0.29) is 29.8 Å². The summed E-state index contributed by atoms with van der Waals surface area (Å²) < 4.78 is 66.0. The summed E-state index contributed by atoms with van der Waals surface area (Å²) >= 11 is 0. The highest BCUT2D eigenvalue weighted by Crippen LogP contribution is 2.30. The molecule has 1 saturated heterocycles. The van der Waals surface area contributed by atoms with E-state index >= 15 is 0 Å². The molecule has 7 nitrogen and oxygen atoms in total. The Morgan fingerprint density at radius 1 is 1.27 bits per heavy atom. The number of nitrogens with zero attached hydrogens (tertiary/aromatic N) is 3. The summed E-state index contributed by atoms with van der Waals surface area (Å²) in [5.74, 6) is -0.159. The third-order valence-electron chi connectivity index (χ3n) is 4.18. The summed E-state index contributed by atoms with van der Waals surface area (Å²) in [6, 6.07) is 3.76. The number of aromatic nitrogens is 2. The molecular formula is C15H16F3N3O4S. The summed E-state index contributed by atoms with van der Waals surface area (Å²) in [5, 5.41) is 13.6. The van der Waals surface area contributed by atoms with Crippen LogP contribution in [0.3, 0.4) is 0 Å². The van der Waals surface area contributed by atoms with Crippen LogP contribution in [-0.2, 0) is 22.6 Å². The van der Waals surface area contributed by atoms with Crippen molar-refractivity contribution in [2.45, 2.75) is 24.9 Å². The van der Waals surface area contributed by atoms with Crippen LogP contribution < -0.4 is 0 Å². The van der Waals surface area contributed by atoms with Crippen molar-refractivity contribution in [2.75, 3.05) is 18.6 Å². The number of alkyl halides is 3. The highest BCUT2D eigenvalue weighted by atomic mass is 32.2. The highest BCUT2D eigenvalue weighted by molar-refractivity contribution is 7.91. The lowest BCUT2D eigenvalue weighted by atomic mass is 10.1. The molecule has 1 fully saturated rings. The van der Waals surface area contributed by atoms with E-state index in [9.17, 15) is 26.7 Å². The number of halogens is 3. The van der Waals surface area contributed by atoms with Crippen LogP contribution in [0.25, 0.3) is 11.4 Å². The molecule has 1 N–H and O–H groups in total. The van der Waals surface area contributed by atoms with Crippen LogP contribution in [0.2, 0.25) is 0 Å². The van der Waals surface area contributed by atoms with Crippen molar-refractivity contribution in [3.63, 3.8) is 0 Å². The SMILES string of the molecule is CN(Cc1nc(-c2ccc(C(F)(F)F)cc2)no1)[C@@H]1CS(=O)(=O)C[C@H]1O. The molecule has 0 unspecified atom stereocenters. The smallest absolute Gasteiger partial charge is 0.390 e. The Kier molecular flexibility index (Phi) is 4.80. The van der Waals surface area contributed by atoms with Crippen molar-refractivity contribution in [3.8, 4) is 11.4 Å². The maximum Gasteiger partial charge on any atom is 0.416 e. The molecule has 0 saturated carbocycles. The summed E-state index contributed by atoms with van der Waals surface area (Å²) in [7, 11) is -1.66. The molecule has 26 heavy (non-hydrogen) atoms. The fourth-order valence-electron chi connectivity index (χ4n) is 2.81. The molecule has 3 rings (SSSR count). The van der Waals surface area contributed by atoms with Crippen LogP contribution in [0.15, 0.2) is 28.8 Å². The van der Waals surface area contributed by atoms with E-state index in [1.54, 1.807) is 11.9 Å². The van der Waals surface area contributed by atoms with Gasteiger partial charge in [-0.15, -0.1) is 0 Å². The molecule has 0 spiro atoms. The molecule has 2 heterocycles. The van der Waals surface area contributed by atoms with Gasteiger partial charge in [-0.25, -0.2) is 8.42 Å². The average Bonchev–Trinajstić information content (AvgIpc) is 3.10. The topological polar surface area (TPSA) is 96.5 Å². The van der Waals surface area contributed by atoms with E-state index in [1.807, 2.05) is 0 Å². The van der Waals surface area contributed by atoms with Crippen molar-refractivity contribution >= 4 is 9.84 Å². The Morgan fingerprint density at radius 3 is 2.46 bits per heavy atom. The normalized spacial score (nSPS) is 22.8. The molecule has 1 aliphatic rings. The van der Waals surface area contributed by atoms with Gasteiger partial charge >= 0.3 is 6.18 Å². The van der Waals surface area contributed by atoms with Gasteiger partial charge in [0.15, 0.2) is 9.84 Å². The molecule has 2 aromatic rings. The molecule has 0 bridgehead atoms. The minimum atomic E-state index is -4.42. The number of hydrogen-bond donors (Lipinski definition) is 1. The molecule has 0 radical (unpaired) electrons. The van der Waals surface area contributed by atoms with Crippen molar-refractivity contribution in [1.82, 2.24) is 15.0 Å². The summed E-state index contributed by atoms with van der Waals surface area (Å²) in [5.41, 5.74) is -0.416. The lowest BCUT2D eigenvalue weighted by Gasteiger charge is -2.23. The first kappa shape index (κ1) is 18.8. The highest BCUT2D eigenvalue weighted by Gasteiger charge is 2.39. The van der Waals surface area contributed by atoms with Crippen LogP contribution >= 0.6 is 0 Å². The van der Waals surface area contributed by atoms with Crippen LogP contribution in [-0.4, -0.2) is 59.3 Å². The quantitative estimate of drug-likeness (QED) is 0.840. The predicted molar refractivity (Wildman–Crippen MR) is 84.7 cm³/mol. The second-order valence-electron chi connectivity index (χ2n) is 6.21. The largest absolute Gasteiger partial charge is 0.416 e. The Balaban J connectivity index is 1.70. The van der Waals surface area contributed by atoms with Crippen LogP contribution in [0.5, 0.6) is 0 Å². The maximum atomic E-state index is 12.6. The third kappa shape index (κ3) is 4.05. The Bertz CT molecular complexity index is 880. The van der Waals surface area contributed by atoms with Crippen LogP contribution in [0.4, 0.5) is 13.2 Å². The molecule has 142 valence electrons. The zero-order valence-electron chi connectivity index (χ0n) is 13.6. The third-order valence-corrected chi connectivity index (χ3v) is 5.88. The van der Waals surface area contributed by atoms with Gasteiger partial charge in [0.1, 0.15) is 0 Å². The number of benzene rings is 1. The van der Waals surface area contributed by atoms with Gasteiger partial charge in [-0.3, -0.25) is 4.90 Å². The molecule has 2 atom stereocenters. The van der Waals surface area contributed by atoms with Gasteiger partial charge in [-0.05, 0) is 19.2 Å². The van der Waals surface area contributed by atoms with Crippen LogP contribution in [0.1, 0.15) is 11.5 Å². The summed E-state index contributed by atoms with van der Waals surface area (Å²) in [4.78, 5) is 5.71. The number of sulfone groups is 1. The molecule has 0 amide bonds. The van der Waals surface area contributed by atoms with Crippen LogP contribution in [0, 0.1) is 0 Å². The van der Waals surface area contributed by atoms with E-state index < -0.39 is 33.7 Å². The van der Waals surface area contributed by atoms with Crippen molar-refractivity contribution < 1.29 is 31.2 Å². The zero-order chi connectivity index (χ0) is 19.1. The van der Waals surface area contributed by atoms with Gasteiger partial charge in [0, 0.05) is 5.56 Å². The fraction of sp³-hybridized carbons (Fsp3) is 0.467. The average molecular weight is 391 g/mol. The first-order chi connectivity index (χ1) is 12.0. The second kappa shape index (κ2) is 6.63. The van der Waals surface area contributed by atoms with E-state index in [4.69, 9.17) is 4.52 Å². The van der Waals surface area contributed by atoms with Gasteiger partial charge in [0.2, 0.25) is 11.7 Å². The van der Waals surface area contributed by atoms with E-state index in [0.717, 1.165) is 12.1 Å². The van der Waals surface area contributed by atoms with Gasteiger partial charge in [-0.2, -0.15) is 18.2 Å². The van der Waals surface area contributed by atoms with Gasteiger partial charge < -0.3 is 9.63 Å². The molecular weight excluding hydrogens is 375 g/mol. The number of aliphatic hydroxyl groups excluding tert-OH is 1. The van der Waals surface area contributed by atoms with Crippen molar-refractivity contribution in [2.24, 2.45) is 0 Å². The van der Waals surface area contributed by atoms with E-state index in [0.29, 0.717) is 5.56 Å². The van der Waals surface area contributed by atoms with Gasteiger partial charge in [-0.1, -0.05) is 17.3 Å². The van der Waals surface area contributed by atoms with E-state index in [2.05, 4.69) is 10.1 Å². The molecule has 1 aromatic carbocycles. The number of aliphatic hydroxyl groups is 1. The second-order valence-corrected chi connectivity index (χ2v) is 8.37. The fourth-order valence-corrected chi connectivity index (χ4v) is 4.68. The number of rotatable bonds is 4. The van der Waals surface area contributed by atoms with Gasteiger partial charge in [0.25, 0.3) is 0 Å². The van der Waals surface area contributed by atoms with Crippen molar-refractivity contribution in [1.29, 1.82) is 0 Å². The summed E-state index contributed by atoms with van der Waals surface area (Å²) in [6.45, 7) is 0.102. The standard InChI is InChI=1S/C15H16F3N3O4S/c1-21(11-7-26(23,24)8-12(11)22)6-13-19-14(20-25-13)9-2-4-10(5-3-9)15(16,17)18/h2-5,11-12,22H,6-8H2,1H3/t11-,12-/m1/s1. The van der Waals surface area contributed by atoms with E-state index in [1.165, 1.54) is 12.1 Å². The Morgan fingerprint density at radius 2 is 1.92 bits per heavy atom. The predicted octanol–water partition coefficient (Wildman–Crippen LogP) is 1.35. The molecule has 1 aliphatic heterocycles. The molecule has 0 aliphatic carbocycles. The molecule has 11 heteroatoms. The first-order valence-corrected chi connectivity index (χ1v) is 9.46. The van der Waals surface area contributed by atoms with Gasteiger partial charge in [0.05, 0.1) is 35.8 Å². The number of hydrogen-bond acceptors (Lipinski definition) is 7. The number of likely N-dealkylation sites (N-methyl/N-ethyl adjacent to an activating group) is 1. The lowest BCUT2D eigenvalue weighted by Crippen LogP contribution is -2.40. The maximum absolute atomic E-state index is 12.6. The summed E-state index contributed by atoms with van der Waals surface area (Å²) in [6.07, 6.45) is -5.42. The minimum absolute atomic E-state index is 0.102.